The molecule has 1 saturated heterocycles. The van der Waals surface area contributed by atoms with Gasteiger partial charge in [0.15, 0.2) is 0 Å². The standard InChI is InChI=1S/C21H23N3O4S2/c1-14-5-3-4-6-17(14)22-20(25)15-9-11-24(12-10-15)30(27,28)16-7-8-18-19(13-16)29-21(26)23(18)2/h3-8,13,15H,9-12H2,1-2H3,(H,22,25). The summed E-state index contributed by atoms with van der Waals surface area (Å²) in [5, 5.41) is 2.96. The van der Waals surface area contributed by atoms with Crippen LogP contribution in [0, 0.1) is 12.8 Å². The van der Waals surface area contributed by atoms with Crippen LogP contribution in [-0.2, 0) is 21.9 Å². The third-order valence-corrected chi connectivity index (χ3v) is 8.52. The summed E-state index contributed by atoms with van der Waals surface area (Å²) in [6.07, 6.45) is 0.940. The van der Waals surface area contributed by atoms with Gasteiger partial charge in [0.2, 0.25) is 15.9 Å². The van der Waals surface area contributed by atoms with E-state index in [9.17, 15) is 18.0 Å². The molecule has 7 nitrogen and oxygen atoms in total. The maximum absolute atomic E-state index is 13.1. The van der Waals surface area contributed by atoms with Gasteiger partial charge in [0, 0.05) is 31.7 Å². The Morgan fingerprint density at radius 1 is 1.13 bits per heavy atom. The summed E-state index contributed by atoms with van der Waals surface area (Å²) in [5.74, 6) is -0.297. The number of amides is 1. The van der Waals surface area contributed by atoms with Crippen molar-refractivity contribution in [3.05, 3.63) is 57.7 Å². The fourth-order valence-corrected chi connectivity index (χ4v) is 6.22. The molecule has 4 rings (SSSR count). The van der Waals surface area contributed by atoms with Crippen molar-refractivity contribution in [1.82, 2.24) is 8.87 Å². The van der Waals surface area contributed by atoms with Gasteiger partial charge in [-0.3, -0.25) is 9.59 Å². The smallest absolute Gasteiger partial charge is 0.307 e. The number of rotatable bonds is 4. The summed E-state index contributed by atoms with van der Waals surface area (Å²) in [6.45, 7) is 2.51. The number of para-hydroxylation sites is 1. The molecule has 2 heterocycles. The topological polar surface area (TPSA) is 88.5 Å². The molecule has 1 amide bonds. The van der Waals surface area contributed by atoms with E-state index in [0.717, 1.165) is 28.1 Å². The lowest BCUT2D eigenvalue weighted by Crippen LogP contribution is -2.41. The first-order valence-corrected chi connectivity index (χ1v) is 12.0. The second-order valence-electron chi connectivity index (χ2n) is 7.54. The molecule has 0 aliphatic carbocycles. The number of aryl methyl sites for hydroxylation is 2. The molecule has 1 fully saturated rings. The van der Waals surface area contributed by atoms with Gasteiger partial charge in [-0.15, -0.1) is 0 Å². The van der Waals surface area contributed by atoms with E-state index in [4.69, 9.17) is 0 Å². The van der Waals surface area contributed by atoms with Gasteiger partial charge in [0.1, 0.15) is 0 Å². The zero-order chi connectivity index (χ0) is 21.5. The van der Waals surface area contributed by atoms with E-state index in [1.807, 2.05) is 31.2 Å². The first-order chi connectivity index (χ1) is 14.3. The summed E-state index contributed by atoms with van der Waals surface area (Å²) in [6, 6.07) is 12.4. The Balaban J connectivity index is 1.46. The Bertz CT molecular complexity index is 1270. The fraction of sp³-hybridized carbons (Fsp3) is 0.333. The monoisotopic (exact) mass is 445 g/mol. The molecule has 30 heavy (non-hydrogen) atoms. The lowest BCUT2D eigenvalue weighted by atomic mass is 9.97. The van der Waals surface area contributed by atoms with Gasteiger partial charge in [-0.05, 0) is 49.6 Å². The number of thiazole rings is 1. The first kappa shape index (κ1) is 20.8. The van der Waals surface area contributed by atoms with Crippen molar-refractivity contribution in [2.24, 2.45) is 13.0 Å². The quantitative estimate of drug-likeness (QED) is 0.669. The van der Waals surface area contributed by atoms with E-state index in [1.165, 1.54) is 8.87 Å². The van der Waals surface area contributed by atoms with Crippen LogP contribution in [0.3, 0.4) is 0 Å². The van der Waals surface area contributed by atoms with Crippen LogP contribution in [0.15, 0.2) is 52.2 Å². The summed E-state index contributed by atoms with van der Waals surface area (Å²) >= 11 is 1.03. The number of carbonyl (C=O) groups is 1. The number of anilines is 1. The van der Waals surface area contributed by atoms with Crippen molar-refractivity contribution in [3.8, 4) is 0 Å². The van der Waals surface area contributed by atoms with Crippen LogP contribution >= 0.6 is 11.3 Å². The number of nitrogens with one attached hydrogen (secondary N) is 1. The van der Waals surface area contributed by atoms with Crippen LogP contribution in [0.1, 0.15) is 18.4 Å². The lowest BCUT2D eigenvalue weighted by Gasteiger charge is -2.30. The number of aromatic nitrogens is 1. The van der Waals surface area contributed by atoms with Gasteiger partial charge in [-0.2, -0.15) is 4.31 Å². The van der Waals surface area contributed by atoms with Gasteiger partial charge in [0.25, 0.3) is 0 Å². The van der Waals surface area contributed by atoms with Crippen molar-refractivity contribution >= 4 is 43.2 Å². The molecule has 0 radical (unpaired) electrons. The van der Waals surface area contributed by atoms with E-state index >= 15 is 0 Å². The number of carbonyl (C=O) groups excluding carboxylic acids is 1. The summed E-state index contributed by atoms with van der Waals surface area (Å²) in [4.78, 5) is 24.5. The minimum atomic E-state index is -3.67. The summed E-state index contributed by atoms with van der Waals surface area (Å²) in [7, 11) is -2.01. The van der Waals surface area contributed by atoms with E-state index < -0.39 is 10.0 Å². The van der Waals surface area contributed by atoms with Crippen LogP contribution in [0.25, 0.3) is 10.2 Å². The average Bonchev–Trinajstić information content (AvgIpc) is 3.03. The highest BCUT2D eigenvalue weighted by Gasteiger charge is 2.32. The zero-order valence-electron chi connectivity index (χ0n) is 16.8. The normalized spacial score (nSPS) is 16.1. The van der Waals surface area contributed by atoms with E-state index in [0.29, 0.717) is 17.5 Å². The summed E-state index contributed by atoms with van der Waals surface area (Å²) in [5.41, 5.74) is 2.49. The molecule has 0 bridgehead atoms. The molecule has 1 aromatic heterocycles. The van der Waals surface area contributed by atoms with Gasteiger partial charge in [0.05, 0.1) is 15.1 Å². The van der Waals surface area contributed by atoms with Crippen LogP contribution in [-0.4, -0.2) is 36.3 Å². The molecular formula is C21H23N3O4S2. The van der Waals surface area contributed by atoms with Gasteiger partial charge >= 0.3 is 4.87 Å². The second kappa shape index (κ2) is 7.98. The largest absolute Gasteiger partial charge is 0.326 e. The van der Waals surface area contributed by atoms with Gasteiger partial charge in [-0.25, -0.2) is 8.42 Å². The average molecular weight is 446 g/mol. The molecule has 158 valence electrons. The van der Waals surface area contributed by atoms with E-state index in [1.54, 1.807) is 25.2 Å². The molecule has 1 N–H and O–H groups in total. The number of fused-ring (bicyclic) bond motifs is 1. The number of benzene rings is 2. The minimum absolute atomic E-state index is 0.0724. The van der Waals surface area contributed by atoms with E-state index in [2.05, 4.69) is 5.32 Å². The fourth-order valence-electron chi connectivity index (χ4n) is 3.73. The van der Waals surface area contributed by atoms with Crippen molar-refractivity contribution in [2.45, 2.75) is 24.7 Å². The molecule has 0 unspecified atom stereocenters. The maximum atomic E-state index is 13.1. The maximum Gasteiger partial charge on any atom is 0.307 e. The van der Waals surface area contributed by atoms with Crippen LogP contribution in [0.5, 0.6) is 0 Å². The SMILES string of the molecule is Cc1ccccc1NC(=O)C1CCN(S(=O)(=O)c2ccc3c(c2)sc(=O)n3C)CC1. The highest BCUT2D eigenvalue weighted by atomic mass is 32.2. The Hall–Kier alpha value is -2.49. The van der Waals surface area contributed by atoms with Crippen molar-refractivity contribution < 1.29 is 13.2 Å². The number of sulfonamides is 1. The highest BCUT2D eigenvalue weighted by molar-refractivity contribution is 7.89. The molecule has 2 aromatic carbocycles. The van der Waals surface area contributed by atoms with Crippen molar-refractivity contribution in [2.75, 3.05) is 18.4 Å². The number of nitrogens with zero attached hydrogens (tertiary/aromatic N) is 2. The van der Waals surface area contributed by atoms with Crippen LogP contribution in [0.2, 0.25) is 0 Å². The Morgan fingerprint density at radius 2 is 1.83 bits per heavy atom. The molecule has 1 aliphatic heterocycles. The van der Waals surface area contributed by atoms with Crippen molar-refractivity contribution in [1.29, 1.82) is 0 Å². The third kappa shape index (κ3) is 3.80. The molecule has 0 spiro atoms. The number of piperidine rings is 1. The number of hydrogen-bond donors (Lipinski definition) is 1. The predicted molar refractivity (Wildman–Crippen MR) is 118 cm³/mol. The third-order valence-electron chi connectivity index (χ3n) is 5.63. The molecular weight excluding hydrogens is 422 g/mol. The van der Waals surface area contributed by atoms with Gasteiger partial charge in [-0.1, -0.05) is 29.5 Å². The van der Waals surface area contributed by atoms with Crippen LogP contribution < -0.4 is 10.2 Å². The Morgan fingerprint density at radius 3 is 2.53 bits per heavy atom. The molecule has 3 aromatic rings. The lowest BCUT2D eigenvalue weighted by molar-refractivity contribution is -0.120. The molecule has 0 saturated carbocycles. The second-order valence-corrected chi connectivity index (χ2v) is 10.5. The zero-order valence-corrected chi connectivity index (χ0v) is 18.4. The Kier molecular flexibility index (Phi) is 5.52. The molecule has 1 aliphatic rings. The predicted octanol–water partition coefficient (Wildman–Crippen LogP) is 2.95. The molecule has 9 heteroatoms. The van der Waals surface area contributed by atoms with Crippen molar-refractivity contribution in [3.63, 3.8) is 0 Å². The number of hydrogen-bond acceptors (Lipinski definition) is 5. The summed E-state index contributed by atoms with van der Waals surface area (Å²) < 4.78 is 29.7. The first-order valence-electron chi connectivity index (χ1n) is 9.73. The van der Waals surface area contributed by atoms with E-state index in [-0.39, 0.29) is 34.7 Å². The Labute approximate surface area is 179 Å². The van der Waals surface area contributed by atoms with Gasteiger partial charge < -0.3 is 9.88 Å². The minimum Gasteiger partial charge on any atom is -0.326 e. The van der Waals surface area contributed by atoms with Crippen LogP contribution in [0.4, 0.5) is 5.69 Å². The highest BCUT2D eigenvalue weighted by Crippen LogP contribution is 2.28. The molecule has 0 atom stereocenters.